The fourth-order valence-corrected chi connectivity index (χ4v) is 1.23. The van der Waals surface area contributed by atoms with E-state index in [0.29, 0.717) is 11.0 Å². The van der Waals surface area contributed by atoms with Crippen molar-refractivity contribution in [3.8, 4) is 0 Å². The van der Waals surface area contributed by atoms with Gasteiger partial charge in [0.05, 0.1) is 6.20 Å². The highest BCUT2D eigenvalue weighted by Crippen LogP contribution is 1.99. The Bertz CT molecular complexity index is 232. The molecule has 1 heterocycles. The van der Waals surface area contributed by atoms with Crippen molar-refractivity contribution in [2.75, 3.05) is 0 Å². The van der Waals surface area contributed by atoms with Crippen LogP contribution in [0.15, 0.2) is 6.20 Å². The predicted octanol–water partition coefficient (Wildman–Crippen LogP) is -0.899. The highest BCUT2D eigenvalue weighted by molar-refractivity contribution is 8.63. The summed E-state index contributed by atoms with van der Waals surface area (Å²) in [6, 6.07) is 0. The van der Waals surface area contributed by atoms with Gasteiger partial charge in [0, 0.05) is 0 Å². The molecule has 49 valence electrons. The molecule has 0 aliphatic heterocycles. The number of aromatic nitrogens is 3. The molecule has 0 saturated carbocycles. The Morgan fingerprint density at radius 3 is 2.89 bits per heavy atom. The van der Waals surface area contributed by atoms with Crippen molar-refractivity contribution >= 4 is 20.7 Å². The van der Waals surface area contributed by atoms with E-state index in [1.807, 2.05) is 0 Å². The third kappa shape index (κ3) is 2.02. The van der Waals surface area contributed by atoms with E-state index < -0.39 is 9.74 Å². The summed E-state index contributed by atoms with van der Waals surface area (Å²) in [6.45, 7) is 0. The topological polar surface area (TPSA) is 64.8 Å². The van der Waals surface area contributed by atoms with Crippen LogP contribution >= 0.6 is 11.0 Å². The minimum absolute atomic E-state index is 0.571. The molecule has 0 fully saturated rings. The van der Waals surface area contributed by atoms with Gasteiger partial charge in [0.1, 0.15) is 17.2 Å². The zero-order valence-electron chi connectivity index (χ0n) is 4.09. The van der Waals surface area contributed by atoms with E-state index in [9.17, 15) is 8.42 Å². The zero-order valence-corrected chi connectivity index (χ0v) is 5.80. The van der Waals surface area contributed by atoms with Crippen LogP contribution in [0.25, 0.3) is 0 Å². The molecule has 1 radical (unpaired) electrons. The highest BCUT2D eigenvalue weighted by atomic mass is 33.1. The van der Waals surface area contributed by atoms with Crippen molar-refractivity contribution in [2.45, 2.75) is 0 Å². The van der Waals surface area contributed by atoms with Crippen LogP contribution in [0.1, 0.15) is 0 Å². The maximum atomic E-state index is 9.96. The quantitative estimate of drug-likeness (QED) is 0.453. The van der Waals surface area contributed by atoms with Crippen LogP contribution in [-0.2, 0) is 9.74 Å². The number of hydrogen-bond acceptors (Lipinski definition) is 5. The lowest BCUT2D eigenvalue weighted by Gasteiger charge is -1.83. The van der Waals surface area contributed by atoms with Crippen molar-refractivity contribution in [2.24, 2.45) is 0 Å². The average molecular weight is 164 g/mol. The van der Waals surface area contributed by atoms with E-state index in [1.165, 1.54) is 6.20 Å². The van der Waals surface area contributed by atoms with Gasteiger partial charge in [-0.3, -0.25) is 0 Å². The van der Waals surface area contributed by atoms with Crippen molar-refractivity contribution in [1.29, 1.82) is 0 Å². The van der Waals surface area contributed by atoms with E-state index in [1.54, 1.807) is 0 Å². The Kier molecular flexibility index (Phi) is 2.06. The summed E-state index contributed by atoms with van der Waals surface area (Å²) in [6.07, 6.45) is 3.68. The van der Waals surface area contributed by atoms with Crippen molar-refractivity contribution < 1.29 is 8.42 Å². The molecule has 9 heavy (non-hydrogen) atoms. The van der Waals surface area contributed by atoms with E-state index in [2.05, 4.69) is 16.5 Å². The molecule has 0 saturated heterocycles. The third-order valence-corrected chi connectivity index (χ3v) is 1.89. The molecule has 1 aromatic rings. The Labute approximate surface area is 56.5 Å². The SMILES string of the molecule is O=[SH](=O)Sn1c[c]nn1. The van der Waals surface area contributed by atoms with Crippen molar-refractivity contribution in [3.05, 3.63) is 12.4 Å². The van der Waals surface area contributed by atoms with Crippen LogP contribution in [0, 0.1) is 6.20 Å². The fraction of sp³-hybridized carbons (Fsp3) is 0. The average Bonchev–Trinajstić information content (AvgIpc) is 2.15. The summed E-state index contributed by atoms with van der Waals surface area (Å²) in [4.78, 5) is 0. The lowest BCUT2D eigenvalue weighted by molar-refractivity contribution is 0.626. The molecular formula is C2H2N3O2S2. The molecule has 0 unspecified atom stereocenters. The summed E-state index contributed by atoms with van der Waals surface area (Å²) in [5.41, 5.74) is 0. The van der Waals surface area contributed by atoms with Gasteiger partial charge in [-0.2, -0.15) is 4.09 Å². The van der Waals surface area contributed by atoms with Gasteiger partial charge < -0.3 is 0 Å². The summed E-state index contributed by atoms with van der Waals surface area (Å²) in [5, 5.41) is 6.62. The molecule has 0 spiro atoms. The Morgan fingerprint density at radius 1 is 1.67 bits per heavy atom. The summed E-state index contributed by atoms with van der Waals surface area (Å²) < 4.78 is 21.0. The molecule has 0 aromatic carbocycles. The lowest BCUT2D eigenvalue weighted by atomic mass is 11.0. The first-order valence-electron chi connectivity index (χ1n) is 1.90. The van der Waals surface area contributed by atoms with Crippen LogP contribution in [0.3, 0.4) is 0 Å². The first-order valence-corrected chi connectivity index (χ1v) is 4.46. The summed E-state index contributed by atoms with van der Waals surface area (Å²) >= 11 is 0. The molecule has 7 heteroatoms. The fourth-order valence-electron chi connectivity index (χ4n) is 0.279. The molecular weight excluding hydrogens is 162 g/mol. The monoisotopic (exact) mass is 164 g/mol. The summed E-state index contributed by atoms with van der Waals surface area (Å²) in [7, 11) is -1.92. The molecule has 1 aromatic heterocycles. The van der Waals surface area contributed by atoms with E-state index in [4.69, 9.17) is 0 Å². The maximum Gasteiger partial charge on any atom is 0.212 e. The molecule has 0 N–H and O–H groups in total. The van der Waals surface area contributed by atoms with Gasteiger partial charge in [-0.05, 0) is 0 Å². The van der Waals surface area contributed by atoms with Gasteiger partial charge in [-0.15, -0.1) is 5.10 Å². The van der Waals surface area contributed by atoms with Crippen LogP contribution in [0.4, 0.5) is 0 Å². The van der Waals surface area contributed by atoms with Crippen LogP contribution in [0.2, 0.25) is 0 Å². The third-order valence-electron chi connectivity index (χ3n) is 0.509. The van der Waals surface area contributed by atoms with Gasteiger partial charge in [0.2, 0.25) is 9.74 Å². The standard InChI is InChI=1S/C2H2N3O2S2/c6-9(7)8-5-2-1-3-4-5/h2,9H. The summed E-state index contributed by atoms with van der Waals surface area (Å²) in [5.74, 6) is 0. The second kappa shape index (κ2) is 2.83. The normalized spacial score (nSPS) is 10.3. The lowest BCUT2D eigenvalue weighted by Crippen LogP contribution is -1.86. The smallest absolute Gasteiger partial charge is 0.212 e. The van der Waals surface area contributed by atoms with Crippen molar-refractivity contribution in [3.63, 3.8) is 0 Å². The molecule has 0 aliphatic rings. The number of thiol groups is 1. The molecule has 0 amide bonds. The predicted molar refractivity (Wildman–Crippen MR) is 32.2 cm³/mol. The molecule has 5 nitrogen and oxygen atoms in total. The molecule has 0 aliphatic carbocycles. The first kappa shape index (κ1) is 6.56. The highest BCUT2D eigenvalue weighted by Gasteiger charge is 1.91. The molecule has 1 rings (SSSR count). The van der Waals surface area contributed by atoms with E-state index in [0.717, 1.165) is 4.09 Å². The maximum absolute atomic E-state index is 9.96. The van der Waals surface area contributed by atoms with E-state index >= 15 is 0 Å². The zero-order chi connectivity index (χ0) is 6.69. The largest absolute Gasteiger partial charge is 0.219 e. The van der Waals surface area contributed by atoms with Gasteiger partial charge >= 0.3 is 0 Å². The van der Waals surface area contributed by atoms with Crippen LogP contribution in [-0.4, -0.2) is 22.8 Å². The number of rotatable bonds is 2. The van der Waals surface area contributed by atoms with Gasteiger partial charge in [0.15, 0.2) is 0 Å². The second-order valence-electron chi connectivity index (χ2n) is 1.06. The van der Waals surface area contributed by atoms with Crippen LogP contribution < -0.4 is 0 Å². The Balaban J connectivity index is 2.68. The minimum atomic E-state index is -2.49. The van der Waals surface area contributed by atoms with E-state index in [-0.39, 0.29) is 0 Å². The van der Waals surface area contributed by atoms with Crippen molar-refractivity contribution in [1.82, 2.24) is 14.4 Å². The Hall–Kier alpha value is -0.560. The molecule has 0 atom stereocenters. The number of hydrogen-bond donors (Lipinski definition) is 1. The number of nitrogens with zero attached hydrogens (tertiary/aromatic N) is 3. The van der Waals surface area contributed by atoms with Gasteiger partial charge in [0.25, 0.3) is 0 Å². The minimum Gasteiger partial charge on any atom is -0.219 e. The first-order chi connectivity index (χ1) is 4.29. The Morgan fingerprint density at radius 2 is 2.44 bits per heavy atom. The van der Waals surface area contributed by atoms with Crippen LogP contribution in [0.5, 0.6) is 0 Å². The molecule has 0 bridgehead atoms. The van der Waals surface area contributed by atoms with Gasteiger partial charge in [-0.25, -0.2) is 8.42 Å². The second-order valence-corrected chi connectivity index (χ2v) is 3.42. The van der Waals surface area contributed by atoms with Gasteiger partial charge in [-0.1, -0.05) is 5.21 Å².